The number of hydrogen-bond donors (Lipinski definition) is 4. The van der Waals surface area contributed by atoms with Crippen molar-refractivity contribution in [3.05, 3.63) is 77.4 Å². The largest absolute Gasteiger partial charge is 0.508 e. The van der Waals surface area contributed by atoms with E-state index in [4.69, 9.17) is 0 Å². The summed E-state index contributed by atoms with van der Waals surface area (Å²) in [4.78, 5) is 39.1. The van der Waals surface area contributed by atoms with Crippen LogP contribution in [0.15, 0.2) is 66.2 Å². The summed E-state index contributed by atoms with van der Waals surface area (Å²) in [6.07, 6.45) is 3.50. The van der Waals surface area contributed by atoms with Gasteiger partial charge in [0, 0.05) is 0 Å². The van der Waals surface area contributed by atoms with E-state index in [0.29, 0.717) is 19.3 Å². The van der Waals surface area contributed by atoms with Crippen molar-refractivity contribution >= 4 is 17.3 Å². The van der Waals surface area contributed by atoms with Gasteiger partial charge in [0.1, 0.15) is 5.75 Å². The summed E-state index contributed by atoms with van der Waals surface area (Å²) in [5, 5.41) is 19.0. The van der Waals surface area contributed by atoms with E-state index in [9.17, 15) is 19.5 Å². The topological polar surface area (TPSA) is 108 Å². The van der Waals surface area contributed by atoms with Crippen LogP contribution in [-0.2, 0) is 27.2 Å². The van der Waals surface area contributed by atoms with Crippen LogP contribution in [0.2, 0.25) is 0 Å². The first-order chi connectivity index (χ1) is 17.9. The van der Waals surface area contributed by atoms with Crippen molar-refractivity contribution < 1.29 is 19.5 Å². The monoisotopic (exact) mass is 521 g/mol. The smallest absolute Gasteiger partial charge is 0.166 e. The van der Waals surface area contributed by atoms with Crippen LogP contribution >= 0.6 is 0 Å². The van der Waals surface area contributed by atoms with Crippen molar-refractivity contribution in [3.63, 3.8) is 0 Å². The Hall–Kier alpha value is -3.13. The Morgan fingerprint density at radius 1 is 0.895 bits per heavy atom. The molecule has 2 aromatic carbocycles. The van der Waals surface area contributed by atoms with E-state index >= 15 is 0 Å². The average molecular weight is 522 g/mol. The van der Waals surface area contributed by atoms with Crippen LogP contribution < -0.4 is 16.0 Å². The van der Waals surface area contributed by atoms with E-state index in [0.717, 1.165) is 16.7 Å². The second-order valence-electron chi connectivity index (χ2n) is 10.6. The van der Waals surface area contributed by atoms with Crippen LogP contribution in [0.1, 0.15) is 52.2 Å². The maximum atomic E-state index is 13.6. The lowest BCUT2D eigenvalue weighted by molar-refractivity contribution is -0.126. The molecule has 0 aliphatic carbocycles. The quantitative estimate of drug-likeness (QED) is 0.250. The molecule has 0 spiro atoms. The number of rotatable bonds is 16. The van der Waals surface area contributed by atoms with Gasteiger partial charge in [-0.05, 0) is 84.2 Å². The maximum Gasteiger partial charge on any atom is 0.166 e. The fraction of sp³-hybridized carbons (Fsp3) is 0.452. The molecule has 2 unspecified atom stereocenters. The van der Waals surface area contributed by atoms with Crippen molar-refractivity contribution in [1.82, 2.24) is 16.0 Å². The normalized spacial score (nSPS) is 15.1. The highest BCUT2D eigenvalue weighted by molar-refractivity contribution is 5.93. The van der Waals surface area contributed by atoms with Gasteiger partial charge in [-0.25, -0.2) is 0 Å². The number of benzene rings is 2. The van der Waals surface area contributed by atoms with Gasteiger partial charge in [0.2, 0.25) is 0 Å². The Morgan fingerprint density at radius 2 is 1.53 bits per heavy atom. The fourth-order valence-electron chi connectivity index (χ4n) is 4.42. The molecule has 0 bridgehead atoms. The minimum Gasteiger partial charge on any atom is -0.508 e. The van der Waals surface area contributed by atoms with Crippen LogP contribution in [0.25, 0.3) is 0 Å². The second kappa shape index (κ2) is 14.1. The Kier molecular flexibility index (Phi) is 11.6. The molecule has 3 atom stereocenters. The van der Waals surface area contributed by atoms with Gasteiger partial charge < -0.3 is 10.4 Å². The van der Waals surface area contributed by atoms with E-state index in [1.807, 2.05) is 69.3 Å². The zero-order valence-corrected chi connectivity index (χ0v) is 23.6. The van der Waals surface area contributed by atoms with Crippen molar-refractivity contribution in [2.24, 2.45) is 0 Å². The highest BCUT2D eigenvalue weighted by Crippen LogP contribution is 2.17. The van der Waals surface area contributed by atoms with E-state index in [2.05, 4.69) is 16.0 Å². The van der Waals surface area contributed by atoms with Crippen molar-refractivity contribution in [2.45, 2.75) is 71.0 Å². The summed E-state index contributed by atoms with van der Waals surface area (Å²) in [7, 11) is 1.75. The Balaban J connectivity index is 2.14. The number of aryl methyl sites for hydroxylation is 1. The Bertz CT molecular complexity index is 1110. The third kappa shape index (κ3) is 9.31. The van der Waals surface area contributed by atoms with E-state index < -0.39 is 11.1 Å². The molecule has 0 aliphatic rings. The number of nitrogens with one attached hydrogen (secondary N) is 3. The highest BCUT2D eigenvalue weighted by atomic mass is 16.3. The first-order valence-electron chi connectivity index (χ1n) is 13.1. The van der Waals surface area contributed by atoms with Gasteiger partial charge in [0.15, 0.2) is 17.3 Å². The first kappa shape index (κ1) is 31.1. The lowest BCUT2D eigenvalue weighted by Gasteiger charge is -2.33. The molecule has 2 rings (SSSR count). The Labute approximate surface area is 227 Å². The molecule has 7 nitrogen and oxygen atoms in total. The summed E-state index contributed by atoms with van der Waals surface area (Å²) in [6.45, 7) is 8.91. The van der Waals surface area contributed by atoms with Gasteiger partial charge >= 0.3 is 0 Å². The van der Waals surface area contributed by atoms with Crippen molar-refractivity contribution in [2.75, 3.05) is 20.1 Å². The summed E-state index contributed by atoms with van der Waals surface area (Å²) in [6, 6.07) is 16.3. The number of likely N-dealkylation sites (N-methyl/N-ethyl adjacent to an activating group) is 1. The molecule has 38 heavy (non-hydrogen) atoms. The number of phenols is 1. The zero-order chi connectivity index (χ0) is 28.3. The van der Waals surface area contributed by atoms with Gasteiger partial charge in [0.25, 0.3) is 0 Å². The van der Waals surface area contributed by atoms with Crippen LogP contribution in [0.5, 0.6) is 5.75 Å². The summed E-state index contributed by atoms with van der Waals surface area (Å²) in [5.74, 6) is -0.0382. The van der Waals surface area contributed by atoms with Gasteiger partial charge in [-0.3, -0.25) is 25.0 Å². The fourth-order valence-corrected chi connectivity index (χ4v) is 4.42. The van der Waals surface area contributed by atoms with Crippen LogP contribution in [-0.4, -0.2) is 59.7 Å². The number of ketones is 3. The molecular formula is C31H43N3O4. The molecule has 0 amide bonds. The molecule has 2 aromatic rings. The predicted molar refractivity (Wildman–Crippen MR) is 152 cm³/mol. The first-order valence-corrected chi connectivity index (χ1v) is 13.1. The van der Waals surface area contributed by atoms with E-state index in [1.54, 1.807) is 26.1 Å². The third-order valence-electron chi connectivity index (χ3n) is 6.99. The summed E-state index contributed by atoms with van der Waals surface area (Å²) < 4.78 is 0. The number of carbonyl (C=O) groups is 3. The lowest BCUT2D eigenvalue weighted by Crippen LogP contribution is -2.59. The van der Waals surface area contributed by atoms with E-state index in [1.165, 1.54) is 6.92 Å². The number of Topliss-reactive ketones (excluding diaryl/α,β-unsaturated/α-hetero) is 3. The molecular weight excluding hydrogens is 478 g/mol. The number of allylic oxidation sites excluding steroid dienone is 1. The molecule has 0 radical (unpaired) electrons. The standard InChI is InChI=1S/C31H43N3O4/c1-22(2)18-30(4,23(3)35)34-21-29(38)31(5,19-25-10-8-7-9-11-25)33-20-28(37)27(32-6)17-14-24-12-15-26(36)16-13-24/h7-13,15-16,18,27,32-34,36H,14,17,19-21H2,1-6H3/t27-,30?,31?/m0/s1. The number of aromatic hydroxyl groups is 1. The number of hydrogen-bond acceptors (Lipinski definition) is 7. The molecule has 0 saturated carbocycles. The maximum absolute atomic E-state index is 13.6. The second-order valence-corrected chi connectivity index (χ2v) is 10.6. The van der Waals surface area contributed by atoms with Gasteiger partial charge in [-0.15, -0.1) is 0 Å². The SMILES string of the molecule is CN[C@@H](CCc1ccc(O)cc1)C(=O)CNC(C)(Cc1ccccc1)C(=O)CNC(C)(C=C(C)C)C(C)=O. The number of carbonyl (C=O) groups excluding carboxylic acids is 3. The minimum absolute atomic E-state index is 0.0219. The lowest BCUT2D eigenvalue weighted by atomic mass is 9.86. The summed E-state index contributed by atoms with van der Waals surface area (Å²) >= 11 is 0. The van der Waals surface area contributed by atoms with Crippen molar-refractivity contribution in [1.29, 1.82) is 0 Å². The molecule has 0 fully saturated rings. The Morgan fingerprint density at radius 3 is 2.08 bits per heavy atom. The average Bonchev–Trinajstić information content (AvgIpc) is 2.87. The summed E-state index contributed by atoms with van der Waals surface area (Å²) in [5.41, 5.74) is 0.998. The van der Waals surface area contributed by atoms with Crippen LogP contribution in [0, 0.1) is 0 Å². The van der Waals surface area contributed by atoms with Crippen LogP contribution in [0.3, 0.4) is 0 Å². The van der Waals surface area contributed by atoms with Gasteiger partial charge in [-0.2, -0.15) is 0 Å². The number of phenolic OH excluding ortho intramolecular Hbond substituents is 1. The highest BCUT2D eigenvalue weighted by Gasteiger charge is 2.36. The van der Waals surface area contributed by atoms with E-state index in [-0.39, 0.29) is 42.2 Å². The van der Waals surface area contributed by atoms with Crippen molar-refractivity contribution in [3.8, 4) is 5.75 Å². The minimum atomic E-state index is -1.03. The molecule has 4 N–H and O–H groups in total. The molecule has 0 saturated heterocycles. The zero-order valence-electron chi connectivity index (χ0n) is 23.6. The predicted octanol–water partition coefficient (Wildman–Crippen LogP) is 3.55. The molecule has 206 valence electrons. The molecule has 0 heterocycles. The molecule has 0 aromatic heterocycles. The molecule has 7 heteroatoms. The third-order valence-corrected chi connectivity index (χ3v) is 6.99. The van der Waals surface area contributed by atoms with Crippen LogP contribution in [0.4, 0.5) is 0 Å². The molecule has 0 aliphatic heterocycles. The van der Waals surface area contributed by atoms with Gasteiger partial charge in [-0.1, -0.05) is 54.1 Å². The van der Waals surface area contributed by atoms with Gasteiger partial charge in [0.05, 0.1) is 30.2 Å².